The Morgan fingerprint density at radius 2 is 2.04 bits per heavy atom. The Kier molecular flexibility index (Phi) is 4.62. The molecule has 144 valence electrons. The zero-order chi connectivity index (χ0) is 19.1. The van der Waals surface area contributed by atoms with Crippen molar-refractivity contribution in [2.45, 2.75) is 16.4 Å². The summed E-state index contributed by atoms with van der Waals surface area (Å²) in [5.41, 5.74) is 1.12. The van der Waals surface area contributed by atoms with Crippen LogP contribution < -0.4 is 4.90 Å². The van der Waals surface area contributed by atoms with Gasteiger partial charge in [0.1, 0.15) is 17.3 Å². The first-order valence-electron chi connectivity index (χ1n) is 9.09. The first kappa shape index (κ1) is 17.8. The summed E-state index contributed by atoms with van der Waals surface area (Å²) in [6, 6.07) is 11.6. The van der Waals surface area contributed by atoms with E-state index in [2.05, 4.69) is 25.9 Å². The molecule has 0 radical (unpaired) electrons. The van der Waals surface area contributed by atoms with Crippen LogP contribution in [0.2, 0.25) is 5.02 Å². The van der Waals surface area contributed by atoms with Crippen molar-refractivity contribution in [2.24, 2.45) is 0 Å². The number of rotatable bonds is 4. The van der Waals surface area contributed by atoms with Crippen molar-refractivity contribution < 1.29 is 9.21 Å². The van der Waals surface area contributed by atoms with Crippen LogP contribution in [0.3, 0.4) is 0 Å². The lowest BCUT2D eigenvalue weighted by Crippen LogP contribution is -2.50. The molecule has 0 bridgehead atoms. The lowest BCUT2D eigenvalue weighted by molar-refractivity contribution is 0.0813. The number of fused-ring (bicyclic) bond motifs is 1. The van der Waals surface area contributed by atoms with Gasteiger partial charge in [-0.15, -0.1) is 0 Å². The van der Waals surface area contributed by atoms with E-state index in [4.69, 9.17) is 16.0 Å². The molecule has 1 aromatic carbocycles. The van der Waals surface area contributed by atoms with Crippen molar-refractivity contribution in [1.29, 1.82) is 0 Å². The third-order valence-corrected chi connectivity index (χ3v) is 6.64. The largest absolute Gasteiger partial charge is 0.468 e. The minimum atomic E-state index is -0.319. The summed E-state index contributed by atoms with van der Waals surface area (Å²) in [4.78, 5) is 21.7. The van der Waals surface area contributed by atoms with Crippen molar-refractivity contribution in [3.63, 3.8) is 0 Å². The van der Waals surface area contributed by atoms with Crippen LogP contribution in [0, 0.1) is 0 Å². The summed E-state index contributed by atoms with van der Waals surface area (Å²) in [6.07, 6.45) is 3.08. The quantitative estimate of drug-likeness (QED) is 0.648. The molecule has 7 nitrogen and oxygen atoms in total. The van der Waals surface area contributed by atoms with Crippen LogP contribution in [0.5, 0.6) is 0 Å². The highest BCUT2D eigenvalue weighted by atomic mass is 35.5. The van der Waals surface area contributed by atoms with E-state index < -0.39 is 0 Å². The second-order valence-electron chi connectivity index (χ2n) is 6.79. The molecule has 2 aliphatic heterocycles. The number of benzene rings is 1. The van der Waals surface area contributed by atoms with Gasteiger partial charge >= 0.3 is 0 Å². The van der Waals surface area contributed by atoms with Gasteiger partial charge in [0.25, 0.3) is 5.91 Å². The van der Waals surface area contributed by atoms with Crippen molar-refractivity contribution in [3.8, 4) is 0 Å². The molecule has 2 unspecified atom stereocenters. The molecule has 1 saturated heterocycles. The maximum atomic E-state index is 12.9. The fourth-order valence-electron chi connectivity index (χ4n) is 3.86. The third-order valence-electron chi connectivity index (χ3n) is 5.20. The number of thioether (sulfide) groups is 1. The summed E-state index contributed by atoms with van der Waals surface area (Å²) in [6.45, 7) is 3.34. The summed E-state index contributed by atoms with van der Waals surface area (Å²) < 4.78 is 7.12. The molecule has 0 spiro atoms. The summed E-state index contributed by atoms with van der Waals surface area (Å²) in [7, 11) is 0. The molecule has 9 heteroatoms. The predicted octanol–water partition coefficient (Wildman–Crippen LogP) is 3.20. The summed E-state index contributed by atoms with van der Waals surface area (Å²) in [5, 5.41) is 5.12. The van der Waals surface area contributed by atoms with Gasteiger partial charge in [-0.2, -0.15) is 9.78 Å². The standard InChI is InChI=1S/C19H18ClN5O2S/c20-13-3-1-4-14(11-13)23-6-8-24(9-7-23)16(15-5-2-10-27-15)17-18(26)25-19(28-17)21-12-22-25/h1-5,10-12,16-17H,6-9H2. The van der Waals surface area contributed by atoms with Crippen molar-refractivity contribution in [1.82, 2.24) is 19.7 Å². The first-order valence-corrected chi connectivity index (χ1v) is 10.4. The number of nitrogens with zero attached hydrogens (tertiary/aromatic N) is 5. The van der Waals surface area contributed by atoms with Crippen LogP contribution in [-0.4, -0.2) is 57.0 Å². The molecule has 2 aromatic heterocycles. The monoisotopic (exact) mass is 415 g/mol. The predicted molar refractivity (Wildman–Crippen MR) is 107 cm³/mol. The van der Waals surface area contributed by atoms with Crippen LogP contribution in [0.15, 0.2) is 58.6 Å². The highest BCUT2D eigenvalue weighted by Crippen LogP contribution is 2.41. The van der Waals surface area contributed by atoms with Crippen molar-refractivity contribution in [2.75, 3.05) is 31.1 Å². The van der Waals surface area contributed by atoms with Crippen LogP contribution in [0.25, 0.3) is 0 Å². The number of carbonyl (C=O) groups excluding carboxylic acids is 1. The molecular formula is C19H18ClN5O2S. The lowest BCUT2D eigenvalue weighted by Gasteiger charge is -2.40. The molecule has 0 aliphatic carbocycles. The number of aromatic nitrogens is 3. The average molecular weight is 416 g/mol. The third kappa shape index (κ3) is 3.11. The van der Waals surface area contributed by atoms with Crippen LogP contribution in [0.4, 0.5) is 5.69 Å². The highest BCUT2D eigenvalue weighted by molar-refractivity contribution is 8.00. The smallest absolute Gasteiger partial charge is 0.265 e. The number of furan rings is 1. The van der Waals surface area contributed by atoms with E-state index in [1.54, 1.807) is 6.26 Å². The normalized spacial score (nSPS) is 21.1. The van der Waals surface area contributed by atoms with E-state index in [9.17, 15) is 4.79 Å². The molecule has 0 saturated carbocycles. The number of piperazine rings is 1. The Hall–Kier alpha value is -2.29. The van der Waals surface area contributed by atoms with Crippen molar-refractivity contribution >= 4 is 35.0 Å². The van der Waals surface area contributed by atoms with Gasteiger partial charge in [-0.25, -0.2) is 4.98 Å². The molecule has 5 rings (SSSR count). The molecule has 4 heterocycles. The summed E-state index contributed by atoms with van der Waals surface area (Å²) >= 11 is 7.60. The molecule has 2 atom stereocenters. The minimum Gasteiger partial charge on any atom is -0.468 e. The Morgan fingerprint density at radius 3 is 2.75 bits per heavy atom. The molecule has 0 N–H and O–H groups in total. The summed E-state index contributed by atoms with van der Waals surface area (Å²) in [5.74, 6) is 0.754. The van der Waals surface area contributed by atoms with E-state index in [0.717, 1.165) is 42.6 Å². The van der Waals surface area contributed by atoms with Crippen LogP contribution in [-0.2, 0) is 0 Å². The zero-order valence-corrected chi connectivity index (χ0v) is 16.5. The second-order valence-corrected chi connectivity index (χ2v) is 8.34. The molecular weight excluding hydrogens is 398 g/mol. The average Bonchev–Trinajstić information content (AvgIpc) is 3.44. The second kappa shape index (κ2) is 7.27. The maximum Gasteiger partial charge on any atom is 0.265 e. The van der Waals surface area contributed by atoms with E-state index in [1.165, 1.54) is 22.8 Å². The van der Waals surface area contributed by atoms with Gasteiger partial charge in [0.15, 0.2) is 5.16 Å². The van der Waals surface area contributed by atoms with Gasteiger partial charge in [-0.1, -0.05) is 29.4 Å². The van der Waals surface area contributed by atoms with E-state index in [-0.39, 0.29) is 17.2 Å². The number of hydrogen-bond acceptors (Lipinski definition) is 7. The Morgan fingerprint density at radius 1 is 1.18 bits per heavy atom. The topological polar surface area (TPSA) is 67.4 Å². The number of halogens is 1. The van der Waals surface area contributed by atoms with Crippen molar-refractivity contribution in [3.05, 3.63) is 59.8 Å². The maximum absolute atomic E-state index is 12.9. The van der Waals surface area contributed by atoms with E-state index in [0.29, 0.717) is 5.16 Å². The SMILES string of the molecule is O=C1C(C(c2ccco2)N2CCN(c3cccc(Cl)c3)CC2)Sc2ncnn21. The molecule has 0 amide bonds. The molecule has 3 aromatic rings. The number of hydrogen-bond donors (Lipinski definition) is 0. The Balaban J connectivity index is 1.36. The Labute approximate surface area is 171 Å². The lowest BCUT2D eigenvalue weighted by atomic mass is 10.1. The first-order chi connectivity index (χ1) is 13.7. The van der Waals surface area contributed by atoms with Gasteiger partial charge < -0.3 is 9.32 Å². The highest BCUT2D eigenvalue weighted by Gasteiger charge is 2.44. The van der Waals surface area contributed by atoms with Gasteiger partial charge in [-0.3, -0.25) is 9.69 Å². The van der Waals surface area contributed by atoms with Crippen LogP contribution in [0.1, 0.15) is 16.6 Å². The van der Waals surface area contributed by atoms with Gasteiger partial charge in [0.2, 0.25) is 0 Å². The van der Waals surface area contributed by atoms with Crippen LogP contribution >= 0.6 is 23.4 Å². The number of carbonyl (C=O) groups is 1. The van der Waals surface area contributed by atoms with E-state index >= 15 is 0 Å². The zero-order valence-electron chi connectivity index (χ0n) is 14.9. The van der Waals surface area contributed by atoms with E-state index in [1.807, 2.05) is 30.3 Å². The molecule has 28 heavy (non-hydrogen) atoms. The number of anilines is 1. The van der Waals surface area contributed by atoms with Gasteiger partial charge in [0, 0.05) is 36.9 Å². The van der Waals surface area contributed by atoms with Gasteiger partial charge in [0.05, 0.1) is 12.3 Å². The fraction of sp³-hybridized carbons (Fsp3) is 0.316. The Bertz CT molecular complexity index is 984. The molecule has 1 fully saturated rings. The van der Waals surface area contributed by atoms with Gasteiger partial charge in [-0.05, 0) is 30.3 Å². The minimum absolute atomic E-state index is 0.0452. The fourth-order valence-corrected chi connectivity index (χ4v) is 5.25. The molecule has 2 aliphatic rings.